The van der Waals surface area contributed by atoms with Crippen LogP contribution in [0.3, 0.4) is 0 Å². The first-order valence-corrected chi connectivity index (χ1v) is 5.32. The number of aromatic nitrogens is 2. The number of hydrogen-bond donors (Lipinski definition) is 1. The molecule has 0 fully saturated rings. The minimum Gasteiger partial charge on any atom is -0.506 e. The minimum atomic E-state index is 0.262. The van der Waals surface area contributed by atoms with Crippen LogP contribution in [0.25, 0.3) is 0 Å². The maximum Gasteiger partial charge on any atom is 0.137 e. The van der Waals surface area contributed by atoms with E-state index in [0.717, 1.165) is 12.3 Å². The molecule has 1 aliphatic rings. The van der Waals surface area contributed by atoms with Gasteiger partial charge in [0.2, 0.25) is 0 Å². The van der Waals surface area contributed by atoms with Crippen LogP contribution in [-0.4, -0.2) is 20.5 Å². The number of imidazole rings is 1. The monoisotopic (exact) mass is 217 g/mol. The molecule has 4 heteroatoms. The lowest BCUT2D eigenvalue weighted by atomic mass is 10.0. The molecule has 0 aromatic carbocycles. The van der Waals surface area contributed by atoms with Gasteiger partial charge in [0, 0.05) is 12.4 Å². The largest absolute Gasteiger partial charge is 0.506 e. The summed E-state index contributed by atoms with van der Waals surface area (Å²) in [5.41, 5.74) is 0.643. The van der Waals surface area contributed by atoms with Crippen molar-refractivity contribution in [3.63, 3.8) is 0 Å². The van der Waals surface area contributed by atoms with Gasteiger partial charge in [-0.2, -0.15) is 0 Å². The van der Waals surface area contributed by atoms with Gasteiger partial charge in [0.05, 0.1) is 0 Å². The van der Waals surface area contributed by atoms with Gasteiger partial charge in [0.1, 0.15) is 23.6 Å². The summed E-state index contributed by atoms with van der Waals surface area (Å²) in [5, 5.41) is 9.75. The van der Waals surface area contributed by atoms with Gasteiger partial charge < -0.3 is 5.11 Å². The SMILES string of the molecule is CC(=NC1=CCC(C)C=C1O)n1ccnc1. The molecular weight excluding hydrogens is 202 g/mol. The van der Waals surface area contributed by atoms with Gasteiger partial charge in [-0.25, -0.2) is 9.98 Å². The molecule has 2 rings (SSSR count). The Hall–Kier alpha value is -1.84. The van der Waals surface area contributed by atoms with E-state index in [0.29, 0.717) is 11.6 Å². The highest BCUT2D eigenvalue weighted by molar-refractivity contribution is 5.83. The van der Waals surface area contributed by atoms with Crippen LogP contribution in [0, 0.1) is 5.92 Å². The number of allylic oxidation sites excluding steroid dienone is 2. The predicted molar refractivity (Wildman–Crippen MR) is 63.3 cm³/mol. The maximum atomic E-state index is 9.75. The van der Waals surface area contributed by atoms with Crippen LogP contribution in [-0.2, 0) is 0 Å². The fourth-order valence-corrected chi connectivity index (χ4v) is 1.61. The number of nitrogens with zero attached hydrogens (tertiary/aromatic N) is 3. The van der Waals surface area contributed by atoms with Gasteiger partial charge in [-0.15, -0.1) is 0 Å². The number of rotatable bonds is 1. The highest BCUT2D eigenvalue weighted by Crippen LogP contribution is 2.21. The smallest absolute Gasteiger partial charge is 0.137 e. The molecule has 1 aliphatic carbocycles. The van der Waals surface area contributed by atoms with E-state index in [2.05, 4.69) is 16.9 Å². The second-order valence-electron chi connectivity index (χ2n) is 3.98. The minimum absolute atomic E-state index is 0.262. The Bertz CT molecular complexity index is 455. The van der Waals surface area contributed by atoms with Crippen LogP contribution < -0.4 is 0 Å². The van der Waals surface area contributed by atoms with E-state index in [1.165, 1.54) is 0 Å². The fraction of sp³-hybridized carbons (Fsp3) is 0.333. The van der Waals surface area contributed by atoms with Gasteiger partial charge in [-0.3, -0.25) is 4.57 Å². The van der Waals surface area contributed by atoms with Gasteiger partial charge >= 0.3 is 0 Å². The predicted octanol–water partition coefficient (Wildman–Crippen LogP) is 2.52. The molecule has 84 valence electrons. The molecule has 1 atom stereocenters. The van der Waals surface area contributed by atoms with E-state index in [4.69, 9.17) is 0 Å². The summed E-state index contributed by atoms with van der Waals surface area (Å²) in [7, 11) is 0. The summed E-state index contributed by atoms with van der Waals surface area (Å²) in [6.45, 7) is 3.95. The van der Waals surface area contributed by atoms with Crippen LogP contribution in [0.1, 0.15) is 20.3 Å². The molecule has 0 amide bonds. The summed E-state index contributed by atoms with van der Waals surface area (Å²) in [5.74, 6) is 1.43. The molecule has 1 aromatic rings. The van der Waals surface area contributed by atoms with Crippen LogP contribution in [0.2, 0.25) is 0 Å². The van der Waals surface area contributed by atoms with Crippen LogP contribution in [0.4, 0.5) is 0 Å². The lowest BCUT2D eigenvalue weighted by molar-refractivity contribution is 0.408. The zero-order valence-corrected chi connectivity index (χ0v) is 9.46. The first-order valence-electron chi connectivity index (χ1n) is 5.32. The number of aliphatic imine (C=N–C) groups is 1. The van der Waals surface area contributed by atoms with E-state index < -0.39 is 0 Å². The Morgan fingerprint density at radius 1 is 1.62 bits per heavy atom. The second kappa shape index (κ2) is 4.35. The quantitative estimate of drug-likeness (QED) is 0.580. The van der Waals surface area contributed by atoms with Gasteiger partial charge in [0.25, 0.3) is 0 Å². The maximum absolute atomic E-state index is 9.75. The summed E-state index contributed by atoms with van der Waals surface area (Å²) >= 11 is 0. The van der Waals surface area contributed by atoms with Crippen molar-refractivity contribution in [3.8, 4) is 0 Å². The Kier molecular flexibility index (Phi) is 2.90. The lowest BCUT2D eigenvalue weighted by Crippen LogP contribution is -2.07. The van der Waals surface area contributed by atoms with E-state index in [-0.39, 0.29) is 5.76 Å². The molecule has 1 N–H and O–H groups in total. The van der Waals surface area contributed by atoms with Crippen LogP contribution in [0.5, 0.6) is 0 Å². The topological polar surface area (TPSA) is 50.4 Å². The molecule has 0 aliphatic heterocycles. The third kappa shape index (κ3) is 2.21. The van der Waals surface area contributed by atoms with Crippen LogP contribution in [0.15, 0.2) is 47.3 Å². The van der Waals surface area contributed by atoms with Crippen molar-refractivity contribution in [2.24, 2.45) is 10.9 Å². The van der Waals surface area contributed by atoms with Crippen molar-refractivity contribution in [3.05, 3.63) is 42.3 Å². The molecule has 1 heterocycles. The zero-order valence-electron chi connectivity index (χ0n) is 9.46. The molecule has 0 saturated carbocycles. The molecule has 16 heavy (non-hydrogen) atoms. The van der Waals surface area contributed by atoms with E-state index in [1.54, 1.807) is 12.5 Å². The van der Waals surface area contributed by atoms with Crippen molar-refractivity contribution in [2.75, 3.05) is 0 Å². The number of aliphatic hydroxyl groups is 1. The summed E-state index contributed by atoms with van der Waals surface area (Å²) in [4.78, 5) is 8.33. The second-order valence-corrected chi connectivity index (χ2v) is 3.98. The average molecular weight is 217 g/mol. The fourth-order valence-electron chi connectivity index (χ4n) is 1.61. The normalized spacial score (nSPS) is 21.6. The molecule has 0 radical (unpaired) electrons. The Morgan fingerprint density at radius 3 is 3.06 bits per heavy atom. The molecule has 4 nitrogen and oxygen atoms in total. The van der Waals surface area contributed by atoms with Crippen molar-refractivity contribution < 1.29 is 5.11 Å². The molecule has 1 unspecified atom stereocenters. The first-order chi connectivity index (χ1) is 7.66. The van der Waals surface area contributed by atoms with E-state index >= 15 is 0 Å². The third-order valence-electron chi connectivity index (χ3n) is 2.55. The lowest BCUT2D eigenvalue weighted by Gasteiger charge is -2.13. The standard InChI is InChI=1S/C12H15N3O/c1-9-3-4-11(12(16)7-9)14-10(2)15-6-5-13-8-15/h4-9,16H,3H2,1-2H3. The van der Waals surface area contributed by atoms with Crippen molar-refractivity contribution >= 4 is 5.84 Å². The van der Waals surface area contributed by atoms with E-state index in [9.17, 15) is 5.11 Å². The Balaban J connectivity index is 2.22. The molecule has 1 aromatic heterocycles. The van der Waals surface area contributed by atoms with Crippen molar-refractivity contribution in [2.45, 2.75) is 20.3 Å². The first kappa shape index (κ1) is 10.7. The molecule has 0 spiro atoms. The van der Waals surface area contributed by atoms with Gasteiger partial charge in [-0.05, 0) is 25.3 Å². The average Bonchev–Trinajstić information content (AvgIpc) is 2.75. The molecule has 0 bridgehead atoms. The van der Waals surface area contributed by atoms with Crippen molar-refractivity contribution in [1.29, 1.82) is 0 Å². The Labute approximate surface area is 94.7 Å². The third-order valence-corrected chi connectivity index (χ3v) is 2.55. The highest BCUT2D eigenvalue weighted by Gasteiger charge is 2.11. The summed E-state index contributed by atoms with van der Waals surface area (Å²) < 4.78 is 1.81. The van der Waals surface area contributed by atoms with Crippen molar-refractivity contribution in [1.82, 2.24) is 9.55 Å². The van der Waals surface area contributed by atoms with Gasteiger partial charge in [0.15, 0.2) is 0 Å². The molecule has 0 saturated heterocycles. The summed E-state index contributed by atoms with van der Waals surface area (Å²) in [6, 6.07) is 0. The van der Waals surface area contributed by atoms with Gasteiger partial charge in [-0.1, -0.05) is 13.0 Å². The number of hydrogen-bond acceptors (Lipinski definition) is 3. The summed E-state index contributed by atoms with van der Waals surface area (Å²) in [6.07, 6.45) is 9.92. The highest BCUT2D eigenvalue weighted by atomic mass is 16.3. The Morgan fingerprint density at radius 2 is 2.44 bits per heavy atom. The van der Waals surface area contributed by atoms with E-state index in [1.807, 2.05) is 29.8 Å². The number of aliphatic hydroxyl groups excluding tert-OH is 1. The molecular formula is C12H15N3O. The van der Waals surface area contributed by atoms with Crippen LogP contribution >= 0.6 is 0 Å². The zero-order chi connectivity index (χ0) is 11.5.